The Balaban J connectivity index is 1.38. The van der Waals surface area contributed by atoms with E-state index in [2.05, 4.69) is 21.2 Å². The van der Waals surface area contributed by atoms with E-state index in [9.17, 15) is 14.4 Å². The Kier molecular flexibility index (Phi) is 4.78. The minimum Gasteiger partial charge on any atom is -0.451 e. The molecule has 0 saturated heterocycles. The van der Waals surface area contributed by atoms with E-state index in [0.29, 0.717) is 22.0 Å². The number of nitrogens with one attached hydrogen (secondary N) is 2. The molecule has 0 bridgehead atoms. The van der Waals surface area contributed by atoms with Crippen molar-refractivity contribution in [2.75, 3.05) is 0 Å². The largest absolute Gasteiger partial charge is 0.451 e. The highest BCUT2D eigenvalue weighted by Crippen LogP contribution is 2.24. The fraction of sp³-hybridized carbons (Fsp3) is 0.150. The molecule has 0 spiro atoms. The normalized spacial score (nSPS) is 10.9. The first-order chi connectivity index (χ1) is 14.0. The highest BCUT2D eigenvalue weighted by atomic mass is 16.3. The second-order valence-electron chi connectivity index (χ2n) is 6.44. The van der Waals surface area contributed by atoms with E-state index in [4.69, 9.17) is 4.42 Å². The maximum atomic E-state index is 12.4. The molecule has 0 unspecified atom stereocenters. The van der Waals surface area contributed by atoms with Crippen molar-refractivity contribution in [1.82, 2.24) is 25.8 Å². The van der Waals surface area contributed by atoms with E-state index in [1.807, 2.05) is 18.2 Å². The van der Waals surface area contributed by atoms with Crippen molar-refractivity contribution in [2.45, 2.75) is 19.9 Å². The molecule has 0 aliphatic rings. The summed E-state index contributed by atoms with van der Waals surface area (Å²) in [5, 5.41) is 9.05. The highest BCUT2D eigenvalue weighted by Gasteiger charge is 2.18. The number of benzene rings is 2. The van der Waals surface area contributed by atoms with Gasteiger partial charge in [-0.15, -0.1) is 5.10 Å². The minimum absolute atomic E-state index is 0.0298. The smallest absolute Gasteiger partial charge is 0.305 e. The first-order valence-electron chi connectivity index (χ1n) is 8.94. The first kappa shape index (κ1) is 18.4. The van der Waals surface area contributed by atoms with Crippen LogP contribution < -0.4 is 16.4 Å². The molecule has 2 N–H and O–H groups in total. The Labute approximate surface area is 164 Å². The van der Waals surface area contributed by atoms with Gasteiger partial charge in [0.25, 0.3) is 5.56 Å². The number of carbonyl (C=O) groups is 2. The van der Waals surface area contributed by atoms with Crippen LogP contribution in [0.1, 0.15) is 22.5 Å². The van der Waals surface area contributed by atoms with Crippen LogP contribution in [0.15, 0.2) is 57.7 Å². The molecule has 2 amide bonds. The molecular weight excluding hydrogens is 374 g/mol. The summed E-state index contributed by atoms with van der Waals surface area (Å²) in [6.45, 7) is 1.80. The van der Waals surface area contributed by atoms with Crippen molar-refractivity contribution in [3.8, 4) is 0 Å². The molecule has 4 aromatic rings. The number of nitrogens with zero attached hydrogens (tertiary/aromatic N) is 3. The van der Waals surface area contributed by atoms with Crippen LogP contribution >= 0.6 is 0 Å². The van der Waals surface area contributed by atoms with E-state index in [1.165, 1.54) is 0 Å². The minimum atomic E-state index is -0.560. The predicted molar refractivity (Wildman–Crippen MR) is 105 cm³/mol. The predicted octanol–water partition coefficient (Wildman–Crippen LogP) is 1.70. The van der Waals surface area contributed by atoms with Crippen LogP contribution in [0.25, 0.3) is 21.9 Å². The number of amides is 2. The van der Waals surface area contributed by atoms with E-state index in [1.54, 1.807) is 37.3 Å². The molecule has 0 fully saturated rings. The van der Waals surface area contributed by atoms with Gasteiger partial charge in [0.15, 0.2) is 5.76 Å². The number of furan rings is 1. The Bertz CT molecular complexity index is 1290. The fourth-order valence-electron chi connectivity index (χ4n) is 3.01. The number of aryl methyl sites for hydroxylation is 2. The summed E-state index contributed by atoms with van der Waals surface area (Å²) < 4.78 is 6.67. The Morgan fingerprint density at radius 3 is 2.55 bits per heavy atom. The lowest BCUT2D eigenvalue weighted by Gasteiger charge is -2.07. The summed E-state index contributed by atoms with van der Waals surface area (Å²) in [5.41, 5.74) is 6.09. The van der Waals surface area contributed by atoms with Gasteiger partial charge in [-0.3, -0.25) is 25.2 Å². The lowest BCUT2D eigenvalue weighted by atomic mass is 10.1. The quantitative estimate of drug-likeness (QED) is 0.511. The van der Waals surface area contributed by atoms with E-state index in [-0.39, 0.29) is 24.3 Å². The lowest BCUT2D eigenvalue weighted by molar-refractivity contribution is -0.122. The number of para-hydroxylation sites is 1. The van der Waals surface area contributed by atoms with Crippen LogP contribution in [0, 0.1) is 6.92 Å². The number of carbonyl (C=O) groups excluding carboxylic acids is 2. The fourth-order valence-corrected chi connectivity index (χ4v) is 3.01. The van der Waals surface area contributed by atoms with Gasteiger partial charge in [0.1, 0.15) is 11.1 Å². The molecule has 0 aliphatic carbocycles. The summed E-state index contributed by atoms with van der Waals surface area (Å²) in [6, 6.07) is 14.1. The number of hydrazine groups is 1. The van der Waals surface area contributed by atoms with Crippen LogP contribution in [-0.2, 0) is 11.3 Å². The molecule has 9 nitrogen and oxygen atoms in total. The zero-order chi connectivity index (χ0) is 20.4. The van der Waals surface area contributed by atoms with Crippen LogP contribution in [0.3, 0.4) is 0 Å². The third-order valence-corrected chi connectivity index (χ3v) is 4.55. The molecule has 0 saturated carbocycles. The number of hydrogen-bond donors (Lipinski definition) is 2. The average Bonchev–Trinajstić information content (AvgIpc) is 3.08. The zero-order valence-electron chi connectivity index (χ0n) is 15.5. The van der Waals surface area contributed by atoms with Gasteiger partial charge in [-0.05, 0) is 25.1 Å². The van der Waals surface area contributed by atoms with Gasteiger partial charge in [-0.2, -0.15) is 0 Å². The Morgan fingerprint density at radius 2 is 1.76 bits per heavy atom. The third-order valence-electron chi connectivity index (χ3n) is 4.55. The number of aromatic nitrogens is 3. The molecule has 9 heteroatoms. The summed E-state index contributed by atoms with van der Waals surface area (Å²) >= 11 is 0. The molecule has 0 atom stereocenters. The number of hydrogen-bond acceptors (Lipinski definition) is 6. The van der Waals surface area contributed by atoms with Gasteiger partial charge < -0.3 is 4.42 Å². The molecule has 0 radical (unpaired) electrons. The molecule has 2 aromatic heterocycles. The van der Waals surface area contributed by atoms with E-state index in [0.717, 1.165) is 10.1 Å². The van der Waals surface area contributed by atoms with Crippen LogP contribution in [0.2, 0.25) is 0 Å². The summed E-state index contributed by atoms with van der Waals surface area (Å²) in [4.78, 5) is 36.7. The van der Waals surface area contributed by atoms with Gasteiger partial charge in [0.05, 0.1) is 11.9 Å². The second kappa shape index (κ2) is 7.55. The van der Waals surface area contributed by atoms with E-state index >= 15 is 0 Å². The highest BCUT2D eigenvalue weighted by molar-refractivity contribution is 5.99. The maximum absolute atomic E-state index is 12.4. The van der Waals surface area contributed by atoms with Crippen molar-refractivity contribution in [3.63, 3.8) is 0 Å². The Hall–Kier alpha value is -4.01. The maximum Gasteiger partial charge on any atom is 0.305 e. The van der Waals surface area contributed by atoms with Gasteiger partial charge in [-0.1, -0.05) is 35.5 Å². The van der Waals surface area contributed by atoms with Gasteiger partial charge in [0, 0.05) is 17.4 Å². The molecule has 146 valence electrons. The first-order valence-corrected chi connectivity index (χ1v) is 8.94. The zero-order valence-corrected chi connectivity index (χ0v) is 15.5. The van der Waals surface area contributed by atoms with Crippen LogP contribution in [0.4, 0.5) is 0 Å². The Morgan fingerprint density at radius 1 is 1.03 bits per heavy atom. The van der Waals surface area contributed by atoms with Crippen LogP contribution in [0.5, 0.6) is 0 Å². The summed E-state index contributed by atoms with van der Waals surface area (Å²) in [5.74, 6) is -0.910. The molecule has 2 heterocycles. The average molecular weight is 391 g/mol. The summed E-state index contributed by atoms with van der Waals surface area (Å²) in [6.07, 6.45) is -0.0632. The lowest BCUT2D eigenvalue weighted by Crippen LogP contribution is -2.42. The molecule has 2 aromatic carbocycles. The number of rotatable bonds is 4. The standard InChI is InChI=1S/C20H17N5O4/c1-12-13-6-3-5-9-16(13)29-18(12)19(27)23-22-17(26)10-11-25-20(28)14-7-2-4-8-15(14)21-24-25/h2-9H,10-11H2,1H3,(H,22,26)(H,23,27). The second-order valence-corrected chi connectivity index (χ2v) is 6.44. The van der Waals surface area contributed by atoms with E-state index < -0.39 is 11.8 Å². The van der Waals surface area contributed by atoms with Gasteiger partial charge >= 0.3 is 5.91 Å². The molecule has 4 rings (SSSR count). The SMILES string of the molecule is Cc1c(C(=O)NNC(=O)CCn2nnc3ccccc3c2=O)oc2ccccc12. The molecule has 0 aliphatic heterocycles. The molecular formula is C20H17N5O4. The third kappa shape index (κ3) is 3.57. The van der Waals surface area contributed by atoms with Crippen molar-refractivity contribution >= 4 is 33.7 Å². The topological polar surface area (TPSA) is 119 Å². The molecule has 29 heavy (non-hydrogen) atoms. The monoisotopic (exact) mass is 391 g/mol. The van der Waals surface area contributed by atoms with Crippen molar-refractivity contribution < 1.29 is 14.0 Å². The van der Waals surface area contributed by atoms with Gasteiger partial charge in [-0.25, -0.2) is 4.68 Å². The van der Waals surface area contributed by atoms with Gasteiger partial charge in [0.2, 0.25) is 5.91 Å². The van der Waals surface area contributed by atoms with Crippen LogP contribution in [-0.4, -0.2) is 26.8 Å². The number of fused-ring (bicyclic) bond motifs is 2. The summed E-state index contributed by atoms with van der Waals surface area (Å²) in [7, 11) is 0. The van der Waals surface area contributed by atoms with Crippen molar-refractivity contribution in [3.05, 3.63) is 70.2 Å². The van der Waals surface area contributed by atoms with Crippen molar-refractivity contribution in [2.24, 2.45) is 0 Å². The van der Waals surface area contributed by atoms with Crippen molar-refractivity contribution in [1.29, 1.82) is 0 Å².